The minimum Gasteiger partial charge on any atom is -0.528 e. The lowest BCUT2D eigenvalue weighted by molar-refractivity contribution is -0.131. The third kappa shape index (κ3) is 24.6. The Morgan fingerprint density at radius 2 is 1.90 bits per heavy atom. The largest absolute Gasteiger partial charge is 0.528 e. The van der Waals surface area contributed by atoms with E-state index in [9.17, 15) is 4.79 Å². The van der Waals surface area contributed by atoms with Gasteiger partial charge in [0.15, 0.2) is 0 Å². The Kier molecular flexibility index (Phi) is 11.3. The number of carbonyl (C=O) groups is 1. The summed E-state index contributed by atoms with van der Waals surface area (Å²) in [7, 11) is 6.45. The molecule has 0 saturated carbocycles. The molecule has 0 fully saturated rings. The van der Waals surface area contributed by atoms with Crippen molar-refractivity contribution in [1.82, 2.24) is 4.90 Å². The van der Waals surface area contributed by atoms with Crippen molar-refractivity contribution in [3.05, 3.63) is 0 Å². The molecule has 0 aromatic heterocycles. The summed E-state index contributed by atoms with van der Waals surface area (Å²) in [5, 5.41) is 0. The Labute approximate surface area is 69.8 Å². The average Bonchev–Trinajstić information content (AvgIpc) is 1.85. The monoisotopic (exact) mass is 183 g/mol. The van der Waals surface area contributed by atoms with Crippen LogP contribution in [0.3, 0.4) is 0 Å². The highest BCUT2D eigenvalue weighted by atomic mass is 35.5. The lowest BCUT2D eigenvalue weighted by Crippen LogP contribution is -2.00. The first-order valence-corrected chi connectivity index (χ1v) is 4.13. The van der Waals surface area contributed by atoms with E-state index in [0.717, 1.165) is 0 Å². The van der Waals surface area contributed by atoms with Crippen LogP contribution in [0.15, 0.2) is 0 Å². The molecule has 0 aromatic rings. The first kappa shape index (κ1) is 12.6. The second-order valence-corrected chi connectivity index (χ2v) is 2.73. The van der Waals surface area contributed by atoms with Gasteiger partial charge in [-0.25, -0.2) is 0 Å². The number of rotatable bonds is 1. The molecule has 0 heterocycles. The molecular weight excluding hydrogens is 170 g/mol. The maximum absolute atomic E-state index is 9.86. The highest BCUT2D eigenvalue weighted by Crippen LogP contribution is 1.74. The van der Waals surface area contributed by atoms with Gasteiger partial charge in [0.25, 0.3) is 0 Å². The number of hydrogen-bond acceptors (Lipinski definition) is 3. The second-order valence-electron chi connectivity index (χ2n) is 2.05. The summed E-state index contributed by atoms with van der Waals surface area (Å²) in [4.78, 5) is 11.9. The van der Waals surface area contributed by atoms with Gasteiger partial charge >= 0.3 is 5.97 Å². The summed E-state index contributed by atoms with van der Waals surface area (Å²) in [6.45, 7) is 0. The zero-order valence-electron chi connectivity index (χ0n) is 6.85. The number of hydrogen-bond donors (Lipinski definition) is 0. The van der Waals surface area contributed by atoms with E-state index in [-0.39, 0.29) is 11.8 Å². The quantitative estimate of drug-likeness (QED) is 0.395. The van der Waals surface area contributed by atoms with Crippen molar-refractivity contribution in [2.45, 2.75) is 0 Å². The fourth-order valence-electron chi connectivity index (χ4n) is 0.0546. The highest BCUT2D eigenvalue weighted by Gasteiger charge is 1.89. The van der Waals surface area contributed by atoms with Crippen LogP contribution in [0.1, 0.15) is 0 Å². The standard InChI is InChI=1S/C3H9N.C2H5ClO2Si/c1-4(2)3;3-1-2(4)5-6/h1-3H3;1H2,6H3. The Morgan fingerprint density at radius 3 is 1.90 bits per heavy atom. The van der Waals surface area contributed by atoms with Crippen LogP contribution in [0.25, 0.3) is 0 Å². The molecule has 3 nitrogen and oxygen atoms in total. The van der Waals surface area contributed by atoms with E-state index < -0.39 is 0 Å². The molecule has 0 aromatic carbocycles. The predicted octanol–water partition coefficient (Wildman–Crippen LogP) is -0.773. The van der Waals surface area contributed by atoms with Gasteiger partial charge in [0.05, 0.1) is 0 Å². The second kappa shape index (κ2) is 8.94. The van der Waals surface area contributed by atoms with Crippen LogP contribution in [0.2, 0.25) is 0 Å². The van der Waals surface area contributed by atoms with Crippen LogP contribution < -0.4 is 0 Å². The molecule has 0 aliphatic carbocycles. The van der Waals surface area contributed by atoms with E-state index in [1.54, 1.807) is 0 Å². The van der Waals surface area contributed by atoms with Crippen LogP contribution in [-0.4, -0.2) is 48.4 Å². The van der Waals surface area contributed by atoms with Crippen LogP contribution >= 0.6 is 11.6 Å². The number of carbonyl (C=O) groups excluding carboxylic acids is 1. The normalized spacial score (nSPS) is 8.50. The molecule has 0 aliphatic rings. The van der Waals surface area contributed by atoms with E-state index in [2.05, 4.69) is 4.43 Å². The molecule has 0 radical (unpaired) electrons. The molecule has 0 spiro atoms. The van der Waals surface area contributed by atoms with Crippen molar-refractivity contribution in [1.29, 1.82) is 0 Å². The molecule has 0 atom stereocenters. The van der Waals surface area contributed by atoms with Gasteiger partial charge in [0, 0.05) is 0 Å². The Morgan fingerprint density at radius 1 is 1.60 bits per heavy atom. The van der Waals surface area contributed by atoms with Gasteiger partial charge in [-0.2, -0.15) is 0 Å². The molecule has 0 unspecified atom stereocenters. The van der Waals surface area contributed by atoms with Gasteiger partial charge < -0.3 is 9.33 Å². The summed E-state index contributed by atoms with van der Waals surface area (Å²) < 4.78 is 4.27. The van der Waals surface area contributed by atoms with Gasteiger partial charge in [-0.15, -0.1) is 11.6 Å². The van der Waals surface area contributed by atoms with E-state index in [0.29, 0.717) is 10.5 Å². The smallest absolute Gasteiger partial charge is 0.306 e. The molecule has 62 valence electrons. The van der Waals surface area contributed by atoms with Crippen molar-refractivity contribution in [2.75, 3.05) is 27.0 Å². The fraction of sp³-hybridized carbons (Fsp3) is 0.800. The van der Waals surface area contributed by atoms with E-state index in [1.165, 1.54) is 0 Å². The first-order chi connectivity index (χ1) is 4.54. The fourth-order valence-corrected chi connectivity index (χ4v) is 0.491. The van der Waals surface area contributed by atoms with Crippen molar-refractivity contribution in [3.63, 3.8) is 0 Å². The van der Waals surface area contributed by atoms with Crippen molar-refractivity contribution in [3.8, 4) is 0 Å². The van der Waals surface area contributed by atoms with Crippen molar-refractivity contribution in [2.24, 2.45) is 0 Å². The minimum atomic E-state index is -0.330. The summed E-state index contributed by atoms with van der Waals surface area (Å²) in [6.07, 6.45) is 0. The van der Waals surface area contributed by atoms with E-state index >= 15 is 0 Å². The van der Waals surface area contributed by atoms with Gasteiger partial charge in [-0.3, -0.25) is 4.79 Å². The molecule has 0 N–H and O–H groups in total. The van der Waals surface area contributed by atoms with E-state index in [4.69, 9.17) is 11.6 Å². The first-order valence-electron chi connectivity index (χ1n) is 2.78. The van der Waals surface area contributed by atoms with Crippen molar-refractivity contribution >= 4 is 28.1 Å². The Balaban J connectivity index is 0. The average molecular weight is 184 g/mol. The SMILES string of the molecule is CN(C)C.O=C(CCl)O[SiH3]. The maximum Gasteiger partial charge on any atom is 0.306 e. The summed E-state index contributed by atoms with van der Waals surface area (Å²) >= 11 is 5.00. The molecule has 0 aliphatic heterocycles. The summed E-state index contributed by atoms with van der Waals surface area (Å²) in [5.74, 6) is -0.355. The molecule has 0 bridgehead atoms. The van der Waals surface area contributed by atoms with Crippen LogP contribution in [0.5, 0.6) is 0 Å². The third-order valence-electron chi connectivity index (χ3n) is 0.337. The summed E-state index contributed by atoms with van der Waals surface area (Å²) in [6, 6.07) is 0. The molecule has 0 rings (SSSR count). The Hall–Kier alpha value is -0.0631. The van der Waals surface area contributed by atoms with Gasteiger partial charge in [0.2, 0.25) is 10.5 Å². The minimum absolute atomic E-state index is 0.0243. The topological polar surface area (TPSA) is 29.5 Å². The summed E-state index contributed by atoms with van der Waals surface area (Å²) in [5.41, 5.74) is 0. The highest BCUT2D eigenvalue weighted by molar-refractivity contribution is 6.27. The molecule has 5 heteroatoms. The zero-order valence-corrected chi connectivity index (χ0v) is 9.60. The van der Waals surface area contributed by atoms with Crippen LogP contribution in [-0.2, 0) is 9.22 Å². The number of alkyl halides is 1. The van der Waals surface area contributed by atoms with Crippen molar-refractivity contribution < 1.29 is 9.22 Å². The predicted molar refractivity (Wildman–Crippen MR) is 46.4 cm³/mol. The van der Waals surface area contributed by atoms with Gasteiger partial charge in [-0.05, 0) is 21.1 Å². The van der Waals surface area contributed by atoms with Gasteiger partial charge in [-0.1, -0.05) is 0 Å². The third-order valence-corrected chi connectivity index (χ3v) is 1.01. The Bertz CT molecular complexity index is 81.0. The molecular formula is C5H14ClNO2Si. The van der Waals surface area contributed by atoms with Crippen LogP contribution in [0.4, 0.5) is 0 Å². The number of halogens is 1. The molecule has 10 heavy (non-hydrogen) atoms. The lowest BCUT2D eigenvalue weighted by atomic mass is 10.8. The molecule has 0 saturated heterocycles. The molecule has 0 amide bonds. The zero-order chi connectivity index (χ0) is 8.57. The lowest BCUT2D eigenvalue weighted by Gasteiger charge is -1.90. The maximum atomic E-state index is 9.86. The van der Waals surface area contributed by atoms with Crippen LogP contribution in [0, 0.1) is 0 Å². The number of nitrogens with zero attached hydrogens (tertiary/aromatic N) is 1. The van der Waals surface area contributed by atoms with Gasteiger partial charge in [0.1, 0.15) is 5.88 Å². The van der Waals surface area contributed by atoms with E-state index in [1.807, 2.05) is 26.0 Å².